The van der Waals surface area contributed by atoms with Crippen molar-refractivity contribution in [3.8, 4) is 0 Å². The minimum Gasteiger partial charge on any atom is -0.322 e. The summed E-state index contributed by atoms with van der Waals surface area (Å²) >= 11 is 0. The van der Waals surface area contributed by atoms with Crippen LogP contribution in [-0.2, 0) is 4.79 Å². The predicted octanol–water partition coefficient (Wildman–Crippen LogP) is 0.702. The molecule has 2 unspecified atom stereocenters. The molecule has 0 N–H and O–H groups in total. The third kappa shape index (κ3) is 0.969. The highest BCUT2D eigenvalue weighted by molar-refractivity contribution is 5.52. The summed E-state index contributed by atoms with van der Waals surface area (Å²) in [7, 11) is 0. The highest BCUT2D eigenvalue weighted by atomic mass is 16.1. The molecule has 0 aromatic heterocycles. The fourth-order valence-corrected chi connectivity index (χ4v) is 1.04. The van der Waals surface area contributed by atoms with Gasteiger partial charge in [0.2, 0.25) is 0 Å². The molecule has 0 aromatic rings. The molecule has 0 saturated heterocycles. The van der Waals surface area contributed by atoms with E-state index in [0.29, 0.717) is 0 Å². The van der Waals surface area contributed by atoms with Gasteiger partial charge in [0.05, 0.1) is 0 Å². The molecule has 1 aliphatic rings. The number of hydrogen-bond donors (Lipinski definition) is 0. The van der Waals surface area contributed by atoms with Crippen molar-refractivity contribution in [2.24, 2.45) is 0 Å². The fraction of sp³-hybridized carbons (Fsp3) is 0.571. The van der Waals surface area contributed by atoms with Crippen LogP contribution in [-0.4, -0.2) is 23.4 Å². The highest BCUT2D eigenvalue weighted by Gasteiger charge is 2.19. The summed E-state index contributed by atoms with van der Waals surface area (Å²) in [6.07, 6.45) is 5.90. The molecule has 0 spiro atoms. The zero-order chi connectivity index (χ0) is 6.85. The van der Waals surface area contributed by atoms with Crippen LogP contribution in [0.4, 0.5) is 0 Å². The quantitative estimate of drug-likeness (QED) is 0.471. The molecule has 0 aliphatic carbocycles. The smallest absolute Gasteiger partial charge is 0.313 e. The van der Waals surface area contributed by atoms with Gasteiger partial charge in [-0.15, -0.1) is 0 Å². The lowest BCUT2D eigenvalue weighted by Crippen LogP contribution is -2.31. The van der Waals surface area contributed by atoms with Crippen molar-refractivity contribution < 1.29 is 4.79 Å². The van der Waals surface area contributed by atoms with E-state index in [4.69, 9.17) is 0 Å². The number of carbonyl (C=O) groups excluding carboxylic acids is 1. The van der Waals surface area contributed by atoms with E-state index in [1.54, 1.807) is 4.90 Å². The van der Waals surface area contributed by atoms with Gasteiger partial charge in [0.1, 0.15) is 0 Å². The summed E-state index contributed by atoms with van der Waals surface area (Å²) in [5, 5.41) is 0. The van der Waals surface area contributed by atoms with Crippen LogP contribution in [0.2, 0.25) is 0 Å². The summed E-state index contributed by atoms with van der Waals surface area (Å²) in [4.78, 5) is 11.8. The van der Waals surface area contributed by atoms with Crippen molar-refractivity contribution in [3.63, 3.8) is 0 Å². The van der Waals surface area contributed by atoms with Crippen LogP contribution in [0, 0.1) is 0 Å². The maximum Gasteiger partial charge on any atom is 0.313 e. The van der Waals surface area contributed by atoms with Crippen LogP contribution in [0.15, 0.2) is 12.2 Å². The minimum atomic E-state index is 0.234. The molecule has 2 atom stereocenters. The number of nitrogens with zero attached hydrogens (tertiary/aromatic N) is 1. The lowest BCUT2D eigenvalue weighted by atomic mass is 10.3. The van der Waals surface area contributed by atoms with Crippen LogP contribution in [0.1, 0.15) is 13.8 Å². The van der Waals surface area contributed by atoms with Gasteiger partial charge < -0.3 is 4.90 Å². The van der Waals surface area contributed by atoms with Crippen LogP contribution >= 0.6 is 0 Å². The zero-order valence-corrected chi connectivity index (χ0v) is 5.66. The van der Waals surface area contributed by atoms with E-state index >= 15 is 0 Å². The average Bonchev–Trinajstić information content (AvgIpc) is 2.12. The Hall–Kier alpha value is -0.790. The molecule has 0 bridgehead atoms. The summed E-state index contributed by atoms with van der Waals surface area (Å²) in [6, 6.07) is 0.468. The van der Waals surface area contributed by atoms with Gasteiger partial charge >= 0.3 is 6.41 Å². The summed E-state index contributed by atoms with van der Waals surface area (Å²) < 4.78 is 0. The Balaban J connectivity index is 2.63. The second-order valence-corrected chi connectivity index (χ2v) is 2.36. The van der Waals surface area contributed by atoms with Crippen molar-refractivity contribution in [2.45, 2.75) is 25.9 Å². The van der Waals surface area contributed by atoms with E-state index in [-0.39, 0.29) is 12.1 Å². The van der Waals surface area contributed by atoms with Crippen LogP contribution in [0.5, 0.6) is 0 Å². The molecule has 2 heteroatoms. The first kappa shape index (κ1) is 6.33. The van der Waals surface area contributed by atoms with Crippen molar-refractivity contribution in [2.75, 3.05) is 0 Å². The average molecular weight is 124 g/mol. The van der Waals surface area contributed by atoms with Crippen molar-refractivity contribution in [1.82, 2.24) is 4.90 Å². The van der Waals surface area contributed by atoms with Gasteiger partial charge in [-0.3, -0.25) is 4.79 Å². The van der Waals surface area contributed by atoms with Crippen LogP contribution < -0.4 is 0 Å². The normalized spacial score (nSPS) is 33.3. The SMILES string of the molecule is CC1C=CC(C)N1[C]=O. The summed E-state index contributed by atoms with van der Waals surface area (Å²) in [6.45, 7) is 3.95. The van der Waals surface area contributed by atoms with Gasteiger partial charge in [-0.25, -0.2) is 0 Å². The van der Waals surface area contributed by atoms with Gasteiger partial charge in [0, 0.05) is 12.1 Å². The van der Waals surface area contributed by atoms with Crippen molar-refractivity contribution >= 4 is 6.41 Å². The van der Waals surface area contributed by atoms with E-state index < -0.39 is 0 Å². The molecule has 2 nitrogen and oxygen atoms in total. The molecular formula is C7H10NO. The Morgan fingerprint density at radius 1 is 1.33 bits per heavy atom. The zero-order valence-electron chi connectivity index (χ0n) is 5.66. The Morgan fingerprint density at radius 2 is 1.78 bits per heavy atom. The molecule has 1 rings (SSSR count). The highest BCUT2D eigenvalue weighted by Crippen LogP contribution is 2.12. The topological polar surface area (TPSA) is 20.3 Å². The lowest BCUT2D eigenvalue weighted by Gasteiger charge is -2.18. The maximum absolute atomic E-state index is 10.2. The third-order valence-electron chi connectivity index (χ3n) is 1.65. The minimum absolute atomic E-state index is 0.234. The lowest BCUT2D eigenvalue weighted by molar-refractivity contribution is 0.338. The molecule has 0 saturated carbocycles. The molecule has 1 radical (unpaired) electrons. The van der Waals surface area contributed by atoms with Gasteiger partial charge in [-0.2, -0.15) is 0 Å². The maximum atomic E-state index is 10.2. The van der Waals surface area contributed by atoms with Crippen molar-refractivity contribution in [1.29, 1.82) is 0 Å². The standard InChI is InChI=1S/C7H10NO/c1-6-3-4-7(2)8(6)5-9/h3-4,6-7H,1-2H3. The van der Waals surface area contributed by atoms with Crippen LogP contribution in [0.3, 0.4) is 0 Å². The first-order valence-corrected chi connectivity index (χ1v) is 3.10. The molecule has 1 amide bonds. The first-order chi connectivity index (χ1) is 4.25. The fourth-order valence-electron chi connectivity index (χ4n) is 1.04. The number of rotatable bonds is 1. The predicted molar refractivity (Wildman–Crippen MR) is 35.6 cm³/mol. The Labute approximate surface area is 55.2 Å². The van der Waals surface area contributed by atoms with E-state index in [1.165, 1.54) is 0 Å². The third-order valence-corrected chi connectivity index (χ3v) is 1.65. The van der Waals surface area contributed by atoms with E-state index in [2.05, 4.69) is 0 Å². The Morgan fingerprint density at radius 3 is 2.00 bits per heavy atom. The largest absolute Gasteiger partial charge is 0.322 e. The summed E-state index contributed by atoms with van der Waals surface area (Å²) in [5.41, 5.74) is 0. The molecule has 49 valence electrons. The van der Waals surface area contributed by atoms with E-state index in [9.17, 15) is 4.79 Å². The molecule has 9 heavy (non-hydrogen) atoms. The number of amides is 1. The summed E-state index contributed by atoms with van der Waals surface area (Å²) in [5.74, 6) is 0. The monoisotopic (exact) mass is 124 g/mol. The molecule has 0 fully saturated rings. The van der Waals surface area contributed by atoms with E-state index in [1.807, 2.05) is 32.4 Å². The van der Waals surface area contributed by atoms with Gasteiger partial charge in [-0.05, 0) is 13.8 Å². The van der Waals surface area contributed by atoms with Gasteiger partial charge in [0.15, 0.2) is 0 Å². The van der Waals surface area contributed by atoms with Crippen LogP contribution in [0.25, 0.3) is 0 Å². The van der Waals surface area contributed by atoms with Gasteiger partial charge in [-0.1, -0.05) is 12.2 Å². The van der Waals surface area contributed by atoms with Crippen molar-refractivity contribution in [3.05, 3.63) is 12.2 Å². The second kappa shape index (κ2) is 2.21. The molecular weight excluding hydrogens is 114 g/mol. The van der Waals surface area contributed by atoms with Gasteiger partial charge in [0.25, 0.3) is 0 Å². The van der Waals surface area contributed by atoms with E-state index in [0.717, 1.165) is 0 Å². The second-order valence-electron chi connectivity index (χ2n) is 2.36. The Kier molecular flexibility index (Phi) is 1.56. The molecule has 1 heterocycles. The molecule has 1 aliphatic heterocycles. The Bertz CT molecular complexity index is 130. The number of hydrogen-bond acceptors (Lipinski definition) is 1. The first-order valence-electron chi connectivity index (χ1n) is 3.10. The molecule has 0 aromatic carbocycles.